The molecule has 0 rings (SSSR count). The van der Waals surface area contributed by atoms with E-state index in [0.29, 0.717) is 0 Å². The Morgan fingerprint density at radius 1 is 1.00 bits per heavy atom. The van der Waals surface area contributed by atoms with E-state index >= 15 is 0 Å². The van der Waals surface area contributed by atoms with E-state index in [1.807, 2.05) is 0 Å². The zero-order valence-corrected chi connectivity index (χ0v) is 11.3. The molecule has 11 heavy (non-hydrogen) atoms. The van der Waals surface area contributed by atoms with E-state index in [1.54, 1.807) is 0 Å². The van der Waals surface area contributed by atoms with Crippen LogP contribution in [0, 0.1) is 0 Å². The molecule has 0 saturated heterocycles. The van der Waals surface area contributed by atoms with Crippen LogP contribution in [0.1, 0.15) is 52.4 Å². The minimum atomic E-state index is 0. The molecule has 0 heterocycles. The SMILES string of the molecule is CCCCC([Si-])CCCC.[Na+]. The second-order valence-electron chi connectivity index (χ2n) is 2.98. The molecule has 0 aliphatic heterocycles. The largest absolute Gasteiger partial charge is 1.00 e. The first-order valence-corrected chi connectivity index (χ1v) is 5.10. The summed E-state index contributed by atoms with van der Waals surface area (Å²) >= 11 is 0. The number of hydrogen-bond donors (Lipinski definition) is 0. The van der Waals surface area contributed by atoms with Crippen molar-refractivity contribution < 1.29 is 29.6 Å². The molecule has 0 unspecified atom stereocenters. The topological polar surface area (TPSA) is 0 Å². The molecule has 2 heteroatoms. The van der Waals surface area contributed by atoms with Crippen LogP contribution in [-0.4, -0.2) is 10.2 Å². The normalized spacial score (nSPS) is 9.82. The summed E-state index contributed by atoms with van der Waals surface area (Å²) in [5.74, 6) is 0. The van der Waals surface area contributed by atoms with E-state index < -0.39 is 0 Å². The fourth-order valence-electron chi connectivity index (χ4n) is 1.05. The van der Waals surface area contributed by atoms with Gasteiger partial charge in [0.25, 0.3) is 0 Å². The van der Waals surface area contributed by atoms with Gasteiger partial charge >= 0.3 is 29.6 Å². The Kier molecular flexibility index (Phi) is 15.0. The van der Waals surface area contributed by atoms with Crippen molar-refractivity contribution in [2.45, 2.75) is 57.9 Å². The molecular weight excluding hydrogens is 159 g/mol. The van der Waals surface area contributed by atoms with Gasteiger partial charge in [-0.25, -0.2) is 5.54 Å². The van der Waals surface area contributed by atoms with E-state index in [2.05, 4.69) is 24.1 Å². The van der Waals surface area contributed by atoms with Gasteiger partial charge in [0.1, 0.15) is 0 Å². The fraction of sp³-hybridized carbons (Fsp3) is 1.00. The van der Waals surface area contributed by atoms with Crippen molar-refractivity contribution in [3.8, 4) is 0 Å². The quantitative estimate of drug-likeness (QED) is 0.514. The molecule has 0 bridgehead atoms. The first-order valence-electron chi connectivity index (χ1n) is 4.52. The van der Waals surface area contributed by atoms with Crippen molar-refractivity contribution >= 4 is 10.2 Å². The summed E-state index contributed by atoms with van der Waals surface area (Å²) in [5, 5.41) is 0. The summed E-state index contributed by atoms with van der Waals surface area (Å²) < 4.78 is 0. The fourth-order valence-corrected chi connectivity index (χ4v) is 1.45. The van der Waals surface area contributed by atoms with Gasteiger partial charge in [-0.2, -0.15) is 0 Å². The van der Waals surface area contributed by atoms with Crippen molar-refractivity contribution in [2.75, 3.05) is 0 Å². The molecule has 0 N–H and O–H groups in total. The zero-order valence-electron chi connectivity index (χ0n) is 8.32. The molecule has 0 spiro atoms. The molecular formula is C9H19NaSi. The van der Waals surface area contributed by atoms with Crippen molar-refractivity contribution in [1.29, 1.82) is 0 Å². The Morgan fingerprint density at radius 3 is 1.64 bits per heavy atom. The molecule has 0 aromatic heterocycles. The van der Waals surface area contributed by atoms with Crippen LogP contribution in [-0.2, 0) is 0 Å². The molecule has 0 aliphatic rings. The monoisotopic (exact) mass is 178 g/mol. The van der Waals surface area contributed by atoms with Gasteiger partial charge in [-0.3, -0.25) is 0 Å². The van der Waals surface area contributed by atoms with E-state index in [0.717, 1.165) is 5.54 Å². The van der Waals surface area contributed by atoms with E-state index in [9.17, 15) is 0 Å². The third kappa shape index (κ3) is 11.2. The molecule has 0 nitrogen and oxygen atoms in total. The maximum atomic E-state index is 3.73. The van der Waals surface area contributed by atoms with Crippen LogP contribution in [0.15, 0.2) is 0 Å². The van der Waals surface area contributed by atoms with Gasteiger partial charge in [-0.05, 0) is 0 Å². The van der Waals surface area contributed by atoms with Crippen LogP contribution < -0.4 is 29.6 Å². The first-order chi connectivity index (χ1) is 4.81. The van der Waals surface area contributed by atoms with Gasteiger partial charge < -0.3 is 10.2 Å². The average Bonchev–Trinajstić information content (AvgIpc) is 1.97. The van der Waals surface area contributed by atoms with E-state index in [1.165, 1.54) is 38.5 Å². The summed E-state index contributed by atoms with van der Waals surface area (Å²) in [6.07, 6.45) is 8.11. The smallest absolute Gasteiger partial charge is 0.668 e. The minimum absolute atomic E-state index is 0. The Hall–Kier alpha value is 1.22. The molecule has 0 atom stereocenters. The molecule has 2 radical (unpaired) electrons. The Bertz CT molecular complexity index is 58.6. The molecule has 60 valence electrons. The number of hydrogen-bond acceptors (Lipinski definition) is 0. The van der Waals surface area contributed by atoms with Gasteiger partial charge in [0.15, 0.2) is 0 Å². The molecule has 0 saturated carbocycles. The molecule has 0 fully saturated rings. The minimum Gasteiger partial charge on any atom is -0.668 e. The Morgan fingerprint density at radius 2 is 1.36 bits per heavy atom. The van der Waals surface area contributed by atoms with Crippen LogP contribution in [0.2, 0.25) is 5.54 Å². The predicted molar refractivity (Wildman–Crippen MR) is 48.6 cm³/mol. The van der Waals surface area contributed by atoms with Crippen LogP contribution in [0.3, 0.4) is 0 Å². The third-order valence-corrected chi connectivity index (χ3v) is 2.39. The van der Waals surface area contributed by atoms with Gasteiger partial charge in [0, 0.05) is 0 Å². The second-order valence-corrected chi connectivity index (χ2v) is 3.80. The zero-order chi connectivity index (χ0) is 7.82. The van der Waals surface area contributed by atoms with Crippen molar-refractivity contribution in [3.63, 3.8) is 0 Å². The maximum absolute atomic E-state index is 3.73. The summed E-state index contributed by atoms with van der Waals surface area (Å²) in [4.78, 5) is 0. The summed E-state index contributed by atoms with van der Waals surface area (Å²) in [5.41, 5.74) is 0.778. The summed E-state index contributed by atoms with van der Waals surface area (Å²) in [7, 11) is 3.73. The van der Waals surface area contributed by atoms with Gasteiger partial charge in [-0.1, -0.05) is 52.4 Å². The maximum Gasteiger partial charge on any atom is 1.00 e. The van der Waals surface area contributed by atoms with Gasteiger partial charge in [-0.15, -0.1) is 0 Å². The standard InChI is InChI=1S/C9H19Si.Na/c1-3-5-7-9(10)8-6-4-2;/h9H,3-8H2,1-2H3;/q-1;+1. The van der Waals surface area contributed by atoms with Crippen LogP contribution in [0.5, 0.6) is 0 Å². The molecule has 0 aliphatic carbocycles. The Labute approximate surface area is 97.2 Å². The van der Waals surface area contributed by atoms with E-state index in [4.69, 9.17) is 0 Å². The van der Waals surface area contributed by atoms with E-state index in [-0.39, 0.29) is 29.6 Å². The van der Waals surface area contributed by atoms with Gasteiger partial charge in [0.05, 0.1) is 0 Å². The predicted octanol–water partition coefficient (Wildman–Crippen LogP) is 0.328. The molecule has 0 aromatic carbocycles. The van der Waals surface area contributed by atoms with Crippen LogP contribution in [0.4, 0.5) is 0 Å². The third-order valence-electron chi connectivity index (χ3n) is 1.81. The van der Waals surface area contributed by atoms with Crippen LogP contribution in [0.25, 0.3) is 0 Å². The second kappa shape index (κ2) is 11.2. The molecule has 0 amide bonds. The van der Waals surface area contributed by atoms with Crippen molar-refractivity contribution in [3.05, 3.63) is 0 Å². The molecule has 0 aromatic rings. The van der Waals surface area contributed by atoms with Crippen molar-refractivity contribution in [1.82, 2.24) is 0 Å². The average molecular weight is 178 g/mol. The van der Waals surface area contributed by atoms with Crippen molar-refractivity contribution in [2.24, 2.45) is 0 Å². The first kappa shape index (κ1) is 14.7. The van der Waals surface area contributed by atoms with Crippen LogP contribution >= 0.6 is 0 Å². The summed E-state index contributed by atoms with van der Waals surface area (Å²) in [6.45, 7) is 4.50. The Balaban J connectivity index is 0. The number of rotatable bonds is 6. The van der Waals surface area contributed by atoms with Gasteiger partial charge in [0.2, 0.25) is 0 Å². The number of unbranched alkanes of at least 4 members (excludes halogenated alkanes) is 2. The summed E-state index contributed by atoms with van der Waals surface area (Å²) in [6, 6.07) is 0.